The van der Waals surface area contributed by atoms with Crippen molar-refractivity contribution in [3.63, 3.8) is 0 Å². The first kappa shape index (κ1) is 16.2. The van der Waals surface area contributed by atoms with Crippen LogP contribution >= 0.6 is 23.2 Å². The molecule has 0 radical (unpaired) electrons. The van der Waals surface area contributed by atoms with E-state index >= 15 is 0 Å². The number of amides is 1. The molecule has 2 unspecified atom stereocenters. The Hall–Kier alpha value is -2.24. The molecule has 7 heteroatoms. The van der Waals surface area contributed by atoms with E-state index in [0.717, 1.165) is 0 Å². The molecule has 1 fully saturated rings. The first-order chi connectivity index (χ1) is 11.9. The van der Waals surface area contributed by atoms with Crippen LogP contribution in [0, 0.1) is 5.82 Å². The second kappa shape index (κ2) is 5.38. The number of rotatable bonds is 2. The zero-order chi connectivity index (χ0) is 17.9. The van der Waals surface area contributed by atoms with Crippen LogP contribution in [0.25, 0.3) is 11.0 Å². The number of benzene rings is 2. The number of halogens is 3. The minimum absolute atomic E-state index is 0.0746. The first-order valence-corrected chi connectivity index (χ1v) is 8.31. The lowest BCUT2D eigenvalue weighted by Gasteiger charge is -2.51. The Balaban J connectivity index is 1.89. The fourth-order valence-corrected chi connectivity index (χ4v) is 3.71. The number of carbonyl (C=O) groups excluding carboxylic acids is 1. The van der Waals surface area contributed by atoms with Crippen molar-refractivity contribution in [1.82, 2.24) is 0 Å². The van der Waals surface area contributed by atoms with Gasteiger partial charge < -0.3 is 9.52 Å². The molecule has 1 amide bonds. The maximum Gasteiger partial charge on any atom is 0.248 e. The lowest BCUT2D eigenvalue weighted by atomic mass is 9.81. The summed E-state index contributed by atoms with van der Waals surface area (Å²) in [5, 5.41) is 10.1. The van der Waals surface area contributed by atoms with Crippen molar-refractivity contribution >= 4 is 45.8 Å². The average molecular weight is 380 g/mol. The number of para-hydroxylation sites is 1. The van der Waals surface area contributed by atoms with Gasteiger partial charge in [0.15, 0.2) is 11.5 Å². The summed E-state index contributed by atoms with van der Waals surface area (Å²) in [6.07, 6.45) is 0. The third kappa shape index (κ3) is 2.09. The van der Waals surface area contributed by atoms with Crippen LogP contribution in [0.15, 0.2) is 46.9 Å². The molecule has 0 bridgehead atoms. The van der Waals surface area contributed by atoms with Crippen LogP contribution in [0.1, 0.15) is 12.7 Å². The molecule has 1 saturated heterocycles. The highest BCUT2D eigenvalue weighted by Crippen LogP contribution is 2.52. The van der Waals surface area contributed by atoms with E-state index in [2.05, 4.69) is 0 Å². The van der Waals surface area contributed by atoms with Gasteiger partial charge in [0.25, 0.3) is 0 Å². The van der Waals surface area contributed by atoms with Crippen LogP contribution in [0.2, 0.25) is 5.02 Å². The van der Waals surface area contributed by atoms with Gasteiger partial charge >= 0.3 is 0 Å². The van der Waals surface area contributed by atoms with Crippen LogP contribution < -0.4 is 4.90 Å². The molecule has 0 spiro atoms. The van der Waals surface area contributed by atoms with Crippen molar-refractivity contribution in [2.45, 2.75) is 17.8 Å². The Labute approximate surface area is 152 Å². The molecule has 4 rings (SSSR count). The number of furan rings is 1. The van der Waals surface area contributed by atoms with Gasteiger partial charge in [-0.05, 0) is 37.3 Å². The van der Waals surface area contributed by atoms with Gasteiger partial charge in [-0.3, -0.25) is 9.69 Å². The first-order valence-electron chi connectivity index (χ1n) is 7.50. The van der Waals surface area contributed by atoms with E-state index in [-0.39, 0.29) is 22.4 Å². The minimum atomic E-state index is -1.14. The van der Waals surface area contributed by atoms with Gasteiger partial charge in [0, 0.05) is 5.69 Å². The Bertz CT molecular complexity index is 1020. The van der Waals surface area contributed by atoms with Crippen molar-refractivity contribution in [3.8, 4) is 5.75 Å². The molecule has 1 aliphatic heterocycles. The molecule has 2 aromatic carbocycles. The van der Waals surface area contributed by atoms with E-state index in [4.69, 9.17) is 27.6 Å². The molecule has 1 N–H and O–H groups in total. The van der Waals surface area contributed by atoms with Crippen molar-refractivity contribution in [2.24, 2.45) is 0 Å². The molecule has 0 saturated carbocycles. The fraction of sp³-hybridized carbons (Fsp3) is 0.167. The molecular formula is C18H12Cl2FNO3. The minimum Gasteiger partial charge on any atom is -0.504 e. The summed E-state index contributed by atoms with van der Waals surface area (Å²) < 4.78 is 19.3. The van der Waals surface area contributed by atoms with E-state index in [1.165, 1.54) is 23.1 Å². The molecular weight excluding hydrogens is 368 g/mol. The molecule has 4 nitrogen and oxygen atoms in total. The molecule has 2 heterocycles. The summed E-state index contributed by atoms with van der Waals surface area (Å²) >= 11 is 12.1. The number of fused-ring (bicyclic) bond motifs is 1. The van der Waals surface area contributed by atoms with Gasteiger partial charge in [0.05, 0.1) is 10.4 Å². The number of anilines is 1. The summed E-state index contributed by atoms with van der Waals surface area (Å²) in [4.78, 5) is 13.8. The normalized spacial score (nSPS) is 23.1. The number of hydrogen-bond donors (Lipinski definition) is 1. The third-order valence-corrected chi connectivity index (χ3v) is 5.49. The third-order valence-electron chi connectivity index (χ3n) is 4.59. The van der Waals surface area contributed by atoms with Gasteiger partial charge in [-0.15, -0.1) is 11.6 Å². The van der Waals surface area contributed by atoms with Gasteiger partial charge in [-0.1, -0.05) is 23.7 Å². The monoisotopic (exact) mass is 379 g/mol. The maximum absolute atomic E-state index is 13.5. The predicted molar refractivity (Wildman–Crippen MR) is 93.8 cm³/mol. The molecule has 128 valence electrons. The van der Waals surface area contributed by atoms with Crippen molar-refractivity contribution in [1.29, 1.82) is 0 Å². The second-order valence-corrected chi connectivity index (χ2v) is 6.90. The van der Waals surface area contributed by atoms with Crippen LogP contribution in [-0.4, -0.2) is 16.4 Å². The van der Waals surface area contributed by atoms with E-state index < -0.39 is 16.7 Å². The number of aromatic hydroxyl groups is 1. The summed E-state index contributed by atoms with van der Waals surface area (Å²) in [7, 11) is 0. The summed E-state index contributed by atoms with van der Waals surface area (Å²) in [6.45, 7) is 1.68. The maximum atomic E-state index is 13.5. The Morgan fingerprint density at radius 3 is 2.68 bits per heavy atom. The zero-order valence-electron chi connectivity index (χ0n) is 13.0. The van der Waals surface area contributed by atoms with Gasteiger partial charge in [0.2, 0.25) is 5.91 Å². The van der Waals surface area contributed by atoms with Crippen LogP contribution in [0.3, 0.4) is 0 Å². The molecule has 2 atom stereocenters. The molecule has 0 aliphatic carbocycles. The van der Waals surface area contributed by atoms with E-state index in [9.17, 15) is 14.3 Å². The molecule has 25 heavy (non-hydrogen) atoms. The standard InChI is InChI=1S/C18H12Cl2FNO3/c1-18(16-14(23)10-4-2-3-5-13(10)25-16)15(20)17(24)22(18)9-6-7-12(21)11(19)8-9/h2-8,15,23H,1H3. The average Bonchev–Trinajstić information content (AvgIpc) is 2.95. The topological polar surface area (TPSA) is 53.7 Å². The lowest BCUT2D eigenvalue weighted by Crippen LogP contribution is -2.69. The smallest absolute Gasteiger partial charge is 0.248 e. The molecule has 3 aromatic rings. The number of β-lactam (4-membered cyclic amide) rings is 1. The van der Waals surface area contributed by atoms with Crippen molar-refractivity contribution in [3.05, 3.63) is 59.1 Å². The predicted octanol–water partition coefficient (Wildman–Crippen LogP) is 4.80. The quantitative estimate of drug-likeness (QED) is 0.513. The largest absolute Gasteiger partial charge is 0.504 e. The van der Waals surface area contributed by atoms with Crippen molar-refractivity contribution < 1.29 is 18.7 Å². The fourth-order valence-electron chi connectivity index (χ4n) is 3.24. The van der Waals surface area contributed by atoms with E-state index in [1.54, 1.807) is 31.2 Å². The van der Waals surface area contributed by atoms with Gasteiger partial charge in [-0.25, -0.2) is 4.39 Å². The number of carbonyl (C=O) groups is 1. The molecule has 1 aliphatic rings. The van der Waals surface area contributed by atoms with E-state index in [0.29, 0.717) is 16.7 Å². The Kier molecular flexibility index (Phi) is 3.49. The Morgan fingerprint density at radius 1 is 1.28 bits per heavy atom. The summed E-state index contributed by atoms with van der Waals surface area (Å²) in [6, 6.07) is 10.9. The molecule has 1 aromatic heterocycles. The van der Waals surface area contributed by atoms with E-state index in [1.807, 2.05) is 0 Å². The van der Waals surface area contributed by atoms with Gasteiger partial charge in [0.1, 0.15) is 22.3 Å². The highest BCUT2D eigenvalue weighted by atomic mass is 35.5. The van der Waals surface area contributed by atoms with Crippen LogP contribution in [-0.2, 0) is 10.3 Å². The van der Waals surface area contributed by atoms with Crippen LogP contribution in [0.4, 0.5) is 10.1 Å². The van der Waals surface area contributed by atoms with Gasteiger partial charge in [-0.2, -0.15) is 0 Å². The number of hydrogen-bond acceptors (Lipinski definition) is 3. The Morgan fingerprint density at radius 2 is 2.00 bits per heavy atom. The lowest BCUT2D eigenvalue weighted by molar-refractivity contribution is -0.127. The number of nitrogens with zero attached hydrogens (tertiary/aromatic N) is 1. The highest BCUT2D eigenvalue weighted by molar-refractivity contribution is 6.38. The summed E-state index contributed by atoms with van der Waals surface area (Å²) in [5.41, 5.74) is -0.282. The van der Waals surface area contributed by atoms with Crippen molar-refractivity contribution in [2.75, 3.05) is 4.90 Å². The number of alkyl halides is 1. The second-order valence-electron chi connectivity index (χ2n) is 6.06. The summed E-state index contributed by atoms with van der Waals surface area (Å²) in [5.74, 6) is -0.871. The highest BCUT2D eigenvalue weighted by Gasteiger charge is 2.61. The zero-order valence-corrected chi connectivity index (χ0v) is 14.5. The van der Waals surface area contributed by atoms with Crippen LogP contribution in [0.5, 0.6) is 5.75 Å². The SMILES string of the molecule is CC1(c2oc3ccccc3c2O)C(Cl)C(=O)N1c1ccc(F)c(Cl)c1.